The fraction of sp³-hybridized carbons (Fsp3) is 0.300. The molecule has 6 rings (SSSR count). The lowest BCUT2D eigenvalue weighted by Gasteiger charge is -2.12. The number of imidazole rings is 1. The zero-order valence-corrected chi connectivity index (χ0v) is 22.5. The van der Waals surface area contributed by atoms with Gasteiger partial charge in [-0.15, -0.1) is 12.8 Å². The zero-order chi connectivity index (χ0) is 29.5. The minimum Gasteiger partial charge on any atom is -0.493 e. The van der Waals surface area contributed by atoms with Gasteiger partial charge in [-0.05, 0) is 73.9 Å². The molecule has 0 saturated heterocycles. The highest BCUT2D eigenvalue weighted by Crippen LogP contribution is 2.57. The first-order valence-corrected chi connectivity index (χ1v) is 13.1. The predicted molar refractivity (Wildman–Crippen MR) is 153 cm³/mol. The standard InChI is InChI=1S/C27H27FN6O2.C2H2.CH2O2/c1-2-36-21-13-16(27(35)32-22-9-15(14-28)5-6-30-22)3-4-20(21)23-24-25(29)31-7-8-34(24)26(33-23)19-11-17-10-18(17)12-19;1-2;2-1-3/h3-9,13,17-19H,2,10-12,14H2,1H3,(H2,29,31)(H,30,32,35);1-2H;1H,(H,2,3)/t17-,18+,19?;;. The van der Waals surface area contributed by atoms with Crippen molar-refractivity contribution < 1.29 is 23.8 Å². The zero-order valence-electron chi connectivity index (χ0n) is 22.5. The summed E-state index contributed by atoms with van der Waals surface area (Å²) in [5, 5.41) is 9.62. The number of carbonyl (C=O) groups is 2. The third-order valence-corrected chi connectivity index (χ3v) is 7.24. The van der Waals surface area contributed by atoms with Crippen LogP contribution < -0.4 is 15.8 Å². The summed E-state index contributed by atoms with van der Waals surface area (Å²) in [5.74, 6) is 3.89. The molecule has 11 heteroatoms. The molecule has 2 aliphatic carbocycles. The number of amides is 1. The number of nitrogens with one attached hydrogen (secondary N) is 1. The minimum atomic E-state index is -0.630. The van der Waals surface area contributed by atoms with Crippen molar-refractivity contribution in [1.82, 2.24) is 19.4 Å². The van der Waals surface area contributed by atoms with Gasteiger partial charge in [0.05, 0.1) is 6.61 Å². The Labute approximate surface area is 236 Å². The number of hydrogen-bond donors (Lipinski definition) is 3. The van der Waals surface area contributed by atoms with Gasteiger partial charge in [-0.3, -0.25) is 14.0 Å². The minimum absolute atomic E-state index is 0.250. The number of nitrogens with zero attached hydrogens (tertiary/aromatic N) is 4. The highest BCUT2D eigenvalue weighted by atomic mass is 19.1. The van der Waals surface area contributed by atoms with Crippen LogP contribution in [0.3, 0.4) is 0 Å². The molecule has 3 aromatic heterocycles. The average molecular weight is 559 g/mol. The van der Waals surface area contributed by atoms with Crippen LogP contribution in [0.1, 0.15) is 53.8 Å². The first-order valence-electron chi connectivity index (χ1n) is 13.1. The molecule has 0 spiro atoms. The summed E-state index contributed by atoms with van der Waals surface area (Å²) in [7, 11) is 0. The molecule has 0 bridgehead atoms. The predicted octanol–water partition coefficient (Wildman–Crippen LogP) is 4.96. The van der Waals surface area contributed by atoms with Crippen molar-refractivity contribution in [2.45, 2.75) is 38.8 Å². The molecule has 1 aromatic carbocycles. The smallest absolute Gasteiger partial charge is 0.290 e. The van der Waals surface area contributed by atoms with E-state index in [1.54, 1.807) is 24.4 Å². The third-order valence-electron chi connectivity index (χ3n) is 7.24. The number of benzene rings is 1. The summed E-state index contributed by atoms with van der Waals surface area (Å²) in [6.45, 7) is 1.42. The molecule has 2 saturated carbocycles. The fourth-order valence-electron chi connectivity index (χ4n) is 5.44. The van der Waals surface area contributed by atoms with Crippen LogP contribution in [0, 0.1) is 24.7 Å². The second-order valence-corrected chi connectivity index (χ2v) is 9.66. The average Bonchev–Trinajstić information content (AvgIpc) is 3.40. The number of pyridine rings is 1. The summed E-state index contributed by atoms with van der Waals surface area (Å²) in [5.41, 5.74) is 9.37. The van der Waals surface area contributed by atoms with Gasteiger partial charge in [-0.1, -0.05) is 0 Å². The highest BCUT2D eigenvalue weighted by molar-refractivity contribution is 6.04. The lowest BCUT2D eigenvalue weighted by Crippen LogP contribution is -2.13. The largest absolute Gasteiger partial charge is 0.493 e. The number of hydrogen-bond acceptors (Lipinski definition) is 7. The molecular weight excluding hydrogens is 527 g/mol. The second-order valence-electron chi connectivity index (χ2n) is 9.66. The molecule has 1 unspecified atom stereocenters. The Kier molecular flexibility index (Phi) is 9.14. The Balaban J connectivity index is 0.000000728. The van der Waals surface area contributed by atoms with Crippen molar-refractivity contribution in [1.29, 1.82) is 0 Å². The van der Waals surface area contributed by atoms with E-state index in [0.29, 0.717) is 40.9 Å². The molecule has 212 valence electrons. The van der Waals surface area contributed by atoms with Crippen LogP contribution in [-0.4, -0.2) is 43.4 Å². The molecule has 0 radical (unpaired) electrons. The lowest BCUT2D eigenvalue weighted by atomic mass is 10.0. The van der Waals surface area contributed by atoms with Crippen LogP contribution in [0.2, 0.25) is 0 Å². The number of carbonyl (C=O) groups excluding carboxylic acids is 1. The summed E-state index contributed by atoms with van der Waals surface area (Å²) in [6, 6.07) is 8.31. The maximum Gasteiger partial charge on any atom is 0.290 e. The SMILES string of the molecule is C#C.CCOc1cc(C(=O)Nc2cc(CF)ccn2)ccc1-c1nc(C2C[C@@H]3C[C@@H]3C2)n2ccnc(N)c12.O=CO. The van der Waals surface area contributed by atoms with E-state index in [2.05, 4.69) is 32.5 Å². The van der Waals surface area contributed by atoms with Crippen LogP contribution >= 0.6 is 0 Å². The van der Waals surface area contributed by atoms with Gasteiger partial charge in [-0.2, -0.15) is 0 Å². The van der Waals surface area contributed by atoms with Crippen molar-refractivity contribution in [3.05, 3.63) is 65.9 Å². The summed E-state index contributed by atoms with van der Waals surface area (Å²) < 4.78 is 21.0. The number of anilines is 2. The second kappa shape index (κ2) is 12.9. The Morgan fingerprint density at radius 2 is 1.93 bits per heavy atom. The Morgan fingerprint density at radius 3 is 2.61 bits per heavy atom. The Hall–Kier alpha value is -4.98. The Bertz CT molecular complexity index is 1560. The fourth-order valence-corrected chi connectivity index (χ4v) is 5.44. The van der Waals surface area contributed by atoms with Gasteiger partial charge < -0.3 is 20.9 Å². The van der Waals surface area contributed by atoms with Crippen molar-refractivity contribution in [3.8, 4) is 29.9 Å². The molecular formula is C30H31FN6O4. The van der Waals surface area contributed by atoms with Crippen molar-refractivity contribution >= 4 is 29.5 Å². The van der Waals surface area contributed by atoms with E-state index in [9.17, 15) is 9.18 Å². The van der Waals surface area contributed by atoms with Gasteiger partial charge in [0.15, 0.2) is 0 Å². The quantitative estimate of drug-likeness (QED) is 0.213. The molecule has 0 aliphatic heterocycles. The normalized spacial score (nSPS) is 18.2. The number of aromatic nitrogens is 4. The topological polar surface area (TPSA) is 145 Å². The Morgan fingerprint density at radius 1 is 1.20 bits per heavy atom. The lowest BCUT2D eigenvalue weighted by molar-refractivity contribution is -0.122. The molecule has 41 heavy (non-hydrogen) atoms. The van der Waals surface area contributed by atoms with E-state index in [1.807, 2.05) is 19.2 Å². The number of terminal acetylenes is 1. The molecule has 3 heterocycles. The van der Waals surface area contributed by atoms with Gasteiger partial charge in [0.1, 0.15) is 41.1 Å². The first kappa shape index (κ1) is 29.0. The molecule has 2 aliphatic rings. The number of alkyl halides is 1. The van der Waals surface area contributed by atoms with Crippen LogP contribution in [0.4, 0.5) is 16.0 Å². The van der Waals surface area contributed by atoms with Gasteiger partial charge in [0, 0.05) is 35.6 Å². The van der Waals surface area contributed by atoms with Crippen LogP contribution in [-0.2, 0) is 11.5 Å². The van der Waals surface area contributed by atoms with Crippen molar-refractivity contribution in [2.75, 3.05) is 17.7 Å². The van der Waals surface area contributed by atoms with E-state index in [4.69, 9.17) is 25.4 Å². The van der Waals surface area contributed by atoms with Crippen molar-refractivity contribution in [2.24, 2.45) is 11.8 Å². The molecule has 1 amide bonds. The number of nitrogen functional groups attached to an aromatic ring is 1. The monoisotopic (exact) mass is 558 g/mol. The van der Waals surface area contributed by atoms with Gasteiger partial charge in [0.25, 0.3) is 12.4 Å². The van der Waals surface area contributed by atoms with E-state index < -0.39 is 6.67 Å². The number of fused-ring (bicyclic) bond motifs is 2. The number of rotatable bonds is 7. The first-order chi connectivity index (χ1) is 20.0. The van der Waals surface area contributed by atoms with Gasteiger partial charge >= 0.3 is 0 Å². The van der Waals surface area contributed by atoms with E-state index in [-0.39, 0.29) is 18.2 Å². The molecule has 10 nitrogen and oxygen atoms in total. The van der Waals surface area contributed by atoms with E-state index >= 15 is 0 Å². The van der Waals surface area contributed by atoms with Crippen molar-refractivity contribution in [3.63, 3.8) is 0 Å². The maximum absolute atomic E-state index is 13.0. The maximum atomic E-state index is 13.0. The third kappa shape index (κ3) is 6.11. The molecule has 4 aromatic rings. The van der Waals surface area contributed by atoms with E-state index in [0.717, 1.165) is 41.6 Å². The highest BCUT2D eigenvalue weighted by Gasteiger charge is 2.47. The van der Waals surface area contributed by atoms with Gasteiger partial charge in [-0.25, -0.2) is 19.3 Å². The van der Waals surface area contributed by atoms with E-state index in [1.165, 1.54) is 18.7 Å². The van der Waals surface area contributed by atoms with Crippen LogP contribution in [0.5, 0.6) is 5.75 Å². The number of ether oxygens (including phenoxy) is 1. The molecule has 4 N–H and O–H groups in total. The molecule has 2 fully saturated rings. The number of nitrogens with two attached hydrogens (primary N) is 1. The summed E-state index contributed by atoms with van der Waals surface area (Å²) in [4.78, 5) is 34.8. The van der Waals surface area contributed by atoms with Crippen LogP contribution in [0.25, 0.3) is 16.8 Å². The number of carboxylic acid groups (broad SMARTS) is 1. The van der Waals surface area contributed by atoms with Gasteiger partial charge in [0.2, 0.25) is 0 Å². The summed E-state index contributed by atoms with van der Waals surface area (Å²) >= 11 is 0. The van der Waals surface area contributed by atoms with Crippen LogP contribution in [0.15, 0.2) is 48.9 Å². The summed E-state index contributed by atoms with van der Waals surface area (Å²) in [6.07, 6.45) is 16.7. The molecule has 3 atom stereocenters. The number of halogens is 1.